The van der Waals surface area contributed by atoms with E-state index in [-0.39, 0.29) is 19.4 Å². The summed E-state index contributed by atoms with van der Waals surface area (Å²) in [7, 11) is -4.72. The number of phosphoric acid groups is 1. The lowest BCUT2D eigenvalue weighted by molar-refractivity contribution is -0.161. The summed E-state index contributed by atoms with van der Waals surface area (Å²) in [6.45, 7) is 2.55. The number of hydrogen-bond donors (Lipinski definition) is 3. The minimum absolute atomic E-state index is 0.142. The Morgan fingerprint density at radius 2 is 1.14 bits per heavy atom. The van der Waals surface area contributed by atoms with Crippen LogP contribution >= 0.6 is 7.82 Å². The first kappa shape index (κ1) is 46.2. The van der Waals surface area contributed by atoms with E-state index >= 15 is 0 Å². The molecule has 0 aromatic rings. The van der Waals surface area contributed by atoms with Crippen molar-refractivity contribution in [3.63, 3.8) is 0 Å². The van der Waals surface area contributed by atoms with Gasteiger partial charge in [-0.05, 0) is 51.4 Å². The molecule has 0 aromatic carbocycles. The van der Waals surface area contributed by atoms with Gasteiger partial charge in [0.15, 0.2) is 6.10 Å². The lowest BCUT2D eigenvalue weighted by atomic mass is 10.1. The Labute approximate surface area is 294 Å². The highest BCUT2D eigenvalue weighted by Crippen LogP contribution is 2.43. The largest absolute Gasteiger partial charge is 0.480 e. The van der Waals surface area contributed by atoms with Gasteiger partial charge in [-0.1, -0.05) is 120 Å². The number of hydrogen-bond acceptors (Lipinski definition) is 9. The molecular formula is C37H62NO10P. The minimum Gasteiger partial charge on any atom is -0.480 e. The molecule has 0 amide bonds. The molecule has 4 N–H and O–H groups in total. The molecule has 49 heavy (non-hydrogen) atoms. The smallest absolute Gasteiger partial charge is 0.472 e. The topological polar surface area (TPSA) is 172 Å². The van der Waals surface area contributed by atoms with E-state index in [0.717, 1.165) is 51.4 Å². The van der Waals surface area contributed by atoms with E-state index in [1.807, 2.05) is 12.2 Å². The van der Waals surface area contributed by atoms with E-state index in [1.54, 1.807) is 0 Å². The summed E-state index contributed by atoms with van der Waals surface area (Å²) < 4.78 is 32.3. The number of carbonyl (C=O) groups excluding carboxylic acids is 2. The van der Waals surface area contributed by atoms with Crippen LogP contribution in [0.4, 0.5) is 0 Å². The number of esters is 2. The number of aliphatic carboxylic acids is 1. The maximum Gasteiger partial charge on any atom is 0.472 e. The van der Waals surface area contributed by atoms with Gasteiger partial charge in [0.25, 0.3) is 0 Å². The highest BCUT2D eigenvalue weighted by atomic mass is 31.2. The van der Waals surface area contributed by atoms with Crippen molar-refractivity contribution in [3.8, 4) is 0 Å². The molecule has 3 atom stereocenters. The molecule has 11 nitrogen and oxygen atoms in total. The average molecular weight is 712 g/mol. The lowest BCUT2D eigenvalue weighted by Crippen LogP contribution is -2.34. The van der Waals surface area contributed by atoms with Crippen molar-refractivity contribution >= 4 is 25.7 Å². The van der Waals surface area contributed by atoms with E-state index < -0.39 is 51.1 Å². The van der Waals surface area contributed by atoms with Gasteiger partial charge in [0, 0.05) is 12.8 Å². The summed E-state index contributed by atoms with van der Waals surface area (Å²) in [5.41, 5.74) is 5.29. The molecule has 0 saturated heterocycles. The van der Waals surface area contributed by atoms with Crippen LogP contribution in [0.5, 0.6) is 0 Å². The first-order valence-corrected chi connectivity index (χ1v) is 19.3. The van der Waals surface area contributed by atoms with Crippen molar-refractivity contribution in [1.29, 1.82) is 0 Å². The molecular weight excluding hydrogens is 649 g/mol. The molecule has 0 bridgehead atoms. The van der Waals surface area contributed by atoms with Crippen LogP contribution in [-0.2, 0) is 37.5 Å². The van der Waals surface area contributed by atoms with Gasteiger partial charge in [-0.2, -0.15) is 0 Å². The third-order valence-electron chi connectivity index (χ3n) is 7.03. The van der Waals surface area contributed by atoms with Crippen molar-refractivity contribution in [2.24, 2.45) is 5.73 Å². The van der Waals surface area contributed by atoms with Gasteiger partial charge in [-0.15, -0.1) is 0 Å². The van der Waals surface area contributed by atoms with Crippen LogP contribution in [0.2, 0.25) is 0 Å². The van der Waals surface area contributed by atoms with E-state index in [2.05, 4.69) is 67.0 Å². The number of phosphoric ester groups is 1. The molecule has 0 saturated carbocycles. The highest BCUT2D eigenvalue weighted by molar-refractivity contribution is 7.47. The fraction of sp³-hybridized carbons (Fsp3) is 0.649. The van der Waals surface area contributed by atoms with Crippen molar-refractivity contribution < 1.29 is 47.5 Å². The Balaban J connectivity index is 4.53. The SMILES string of the molecule is CC/C=C/C/C=C/C/C=C/C/C=C/C/C=C/CCCC(=O)OC[C@@H](COP(=O)(O)OC[C@@H](N)C(=O)O)OC(=O)CCCCCCCCCC. The second-order valence-electron chi connectivity index (χ2n) is 11.6. The summed E-state index contributed by atoms with van der Waals surface area (Å²) >= 11 is 0. The summed E-state index contributed by atoms with van der Waals surface area (Å²) in [4.78, 5) is 45.5. The number of nitrogens with two attached hydrogens (primary N) is 1. The van der Waals surface area contributed by atoms with Crippen LogP contribution in [0.25, 0.3) is 0 Å². The molecule has 280 valence electrons. The molecule has 0 aliphatic rings. The number of unbranched alkanes of at least 4 members (excludes halogenated alkanes) is 8. The van der Waals surface area contributed by atoms with Gasteiger partial charge < -0.3 is 25.2 Å². The fourth-order valence-electron chi connectivity index (χ4n) is 4.22. The van der Waals surface area contributed by atoms with Gasteiger partial charge in [0.05, 0.1) is 13.2 Å². The number of carboxylic acids is 1. The first-order valence-electron chi connectivity index (χ1n) is 17.8. The van der Waals surface area contributed by atoms with Gasteiger partial charge in [0.1, 0.15) is 12.6 Å². The highest BCUT2D eigenvalue weighted by Gasteiger charge is 2.28. The zero-order valence-corrected chi connectivity index (χ0v) is 30.6. The van der Waals surface area contributed by atoms with E-state index in [0.29, 0.717) is 19.3 Å². The summed E-state index contributed by atoms with van der Waals surface area (Å²) in [5.74, 6) is -2.47. The third-order valence-corrected chi connectivity index (χ3v) is 7.98. The molecule has 0 heterocycles. The second-order valence-corrected chi connectivity index (χ2v) is 13.1. The Bertz CT molecular complexity index is 1070. The maximum absolute atomic E-state index is 12.4. The minimum atomic E-state index is -4.72. The fourth-order valence-corrected chi connectivity index (χ4v) is 4.99. The molecule has 1 unspecified atom stereocenters. The summed E-state index contributed by atoms with van der Waals surface area (Å²) in [5, 5.41) is 8.83. The van der Waals surface area contributed by atoms with Crippen LogP contribution in [0.3, 0.4) is 0 Å². The average Bonchev–Trinajstić information content (AvgIpc) is 3.07. The van der Waals surface area contributed by atoms with Gasteiger partial charge >= 0.3 is 25.7 Å². The zero-order chi connectivity index (χ0) is 36.4. The van der Waals surface area contributed by atoms with Gasteiger partial charge in [-0.3, -0.25) is 23.4 Å². The third kappa shape index (κ3) is 32.2. The van der Waals surface area contributed by atoms with Gasteiger partial charge in [-0.25, -0.2) is 4.57 Å². The molecule has 0 radical (unpaired) electrons. The molecule has 0 fully saturated rings. The maximum atomic E-state index is 12.4. The predicted octanol–water partition coefficient (Wildman–Crippen LogP) is 8.44. The van der Waals surface area contributed by atoms with Crippen molar-refractivity contribution in [2.75, 3.05) is 19.8 Å². The first-order chi connectivity index (χ1) is 23.6. The Morgan fingerprint density at radius 1 is 0.653 bits per heavy atom. The van der Waals surface area contributed by atoms with E-state index in [4.69, 9.17) is 24.8 Å². The van der Waals surface area contributed by atoms with Crippen LogP contribution in [-0.4, -0.2) is 59.9 Å². The number of rotatable bonds is 32. The lowest BCUT2D eigenvalue weighted by Gasteiger charge is -2.20. The normalized spacial score (nSPS) is 14.7. The van der Waals surface area contributed by atoms with E-state index in [1.165, 1.54) is 25.7 Å². The standard InChI is InChI=1S/C37H62NO10P/c1-3-5-7-9-11-13-14-15-16-17-18-19-20-21-23-24-26-28-35(39)45-30-33(31-46-49(43,44)47-32-34(38)37(41)42)48-36(40)29-27-25-22-12-10-8-6-4-2/h5,7,11,13,15-16,18-19,21,23,33-34H,3-4,6,8-10,12,14,17,20,22,24-32,38H2,1-2H3,(H,41,42)(H,43,44)/b7-5+,13-11+,16-15+,19-18+,23-21+/t33-,34+/m0/s1. The molecule has 0 aliphatic heterocycles. The van der Waals surface area contributed by atoms with E-state index in [9.17, 15) is 23.8 Å². The monoisotopic (exact) mass is 711 g/mol. The van der Waals surface area contributed by atoms with Crippen LogP contribution in [0.15, 0.2) is 60.8 Å². The quantitative estimate of drug-likeness (QED) is 0.0265. The van der Waals surface area contributed by atoms with Crippen LogP contribution < -0.4 is 5.73 Å². The summed E-state index contributed by atoms with van der Waals surface area (Å²) in [6.07, 6.45) is 34.7. The summed E-state index contributed by atoms with van der Waals surface area (Å²) in [6, 6.07) is -1.53. The zero-order valence-electron chi connectivity index (χ0n) is 29.8. The second kappa shape index (κ2) is 32.4. The van der Waals surface area contributed by atoms with Crippen molar-refractivity contribution in [2.45, 2.75) is 135 Å². The Hall–Kier alpha value is -2.82. The van der Waals surface area contributed by atoms with Crippen LogP contribution in [0.1, 0.15) is 123 Å². The molecule has 12 heteroatoms. The predicted molar refractivity (Wildman–Crippen MR) is 194 cm³/mol. The Kier molecular flexibility index (Phi) is 30.5. The van der Waals surface area contributed by atoms with Crippen LogP contribution in [0, 0.1) is 0 Å². The molecule has 0 rings (SSSR count). The molecule has 0 aliphatic carbocycles. The van der Waals surface area contributed by atoms with Crippen molar-refractivity contribution in [1.82, 2.24) is 0 Å². The molecule has 0 aromatic heterocycles. The number of allylic oxidation sites excluding steroid dienone is 10. The number of carboxylic acid groups (broad SMARTS) is 1. The number of ether oxygens (including phenoxy) is 2. The number of carbonyl (C=O) groups is 3. The van der Waals surface area contributed by atoms with Crippen molar-refractivity contribution in [3.05, 3.63) is 60.8 Å². The van der Waals surface area contributed by atoms with Gasteiger partial charge in [0.2, 0.25) is 0 Å². The molecule has 0 spiro atoms. The Morgan fingerprint density at radius 3 is 1.69 bits per heavy atom.